The molecule has 98 valence electrons. The van der Waals surface area contributed by atoms with E-state index in [0.29, 0.717) is 4.34 Å². The number of rotatable bonds is 5. The Morgan fingerprint density at radius 3 is 2.47 bits per heavy atom. The number of hydrogen-bond donors (Lipinski definition) is 2. The van der Waals surface area contributed by atoms with Crippen molar-refractivity contribution < 1.29 is 13.5 Å². The van der Waals surface area contributed by atoms with Crippen LogP contribution in [0.1, 0.15) is 13.8 Å². The van der Waals surface area contributed by atoms with E-state index >= 15 is 0 Å². The van der Waals surface area contributed by atoms with E-state index in [2.05, 4.69) is 4.72 Å². The monoisotopic (exact) mass is 317 g/mol. The van der Waals surface area contributed by atoms with E-state index in [1.807, 2.05) is 0 Å². The topological polar surface area (TPSA) is 66.4 Å². The molecule has 0 fully saturated rings. The van der Waals surface area contributed by atoms with Crippen LogP contribution in [0.5, 0.6) is 0 Å². The van der Waals surface area contributed by atoms with Crippen molar-refractivity contribution in [3.63, 3.8) is 0 Å². The summed E-state index contributed by atoms with van der Waals surface area (Å²) < 4.78 is 26.4. The summed E-state index contributed by atoms with van der Waals surface area (Å²) in [4.78, 5) is -0.0508. The van der Waals surface area contributed by atoms with E-state index in [0.717, 1.165) is 11.3 Å². The van der Waals surface area contributed by atoms with Gasteiger partial charge in [-0.25, -0.2) is 13.1 Å². The van der Waals surface area contributed by atoms with Crippen LogP contribution in [-0.2, 0) is 10.0 Å². The number of thiophene rings is 1. The molecular formula is C9H13Cl2NO3S2. The van der Waals surface area contributed by atoms with Gasteiger partial charge in [-0.2, -0.15) is 0 Å². The van der Waals surface area contributed by atoms with Crippen molar-refractivity contribution in [3.8, 4) is 0 Å². The van der Waals surface area contributed by atoms with Gasteiger partial charge in [0.15, 0.2) is 0 Å². The zero-order chi connectivity index (χ0) is 13.2. The molecule has 0 bridgehead atoms. The van der Waals surface area contributed by atoms with E-state index in [1.54, 1.807) is 13.8 Å². The van der Waals surface area contributed by atoms with Crippen LogP contribution in [0.4, 0.5) is 0 Å². The largest absolute Gasteiger partial charge is 0.391 e. The standard InChI is InChI=1S/C9H13Cl2NO3S2/c1-5(2)6(13)4-12-17(14,15)7-3-8(10)16-9(7)11/h3,5-6,12-13H,4H2,1-2H3. The zero-order valence-electron chi connectivity index (χ0n) is 9.28. The summed E-state index contributed by atoms with van der Waals surface area (Å²) in [7, 11) is -3.71. The van der Waals surface area contributed by atoms with Gasteiger partial charge in [0.1, 0.15) is 9.23 Å². The molecule has 17 heavy (non-hydrogen) atoms. The van der Waals surface area contributed by atoms with Crippen LogP contribution in [0.3, 0.4) is 0 Å². The van der Waals surface area contributed by atoms with Gasteiger partial charge >= 0.3 is 0 Å². The van der Waals surface area contributed by atoms with E-state index in [-0.39, 0.29) is 21.7 Å². The summed E-state index contributed by atoms with van der Waals surface area (Å²) in [5, 5.41) is 9.53. The number of aliphatic hydroxyl groups excluding tert-OH is 1. The Morgan fingerprint density at radius 2 is 2.06 bits per heavy atom. The normalized spacial score (nSPS) is 14.2. The Hall–Kier alpha value is 0.150. The van der Waals surface area contributed by atoms with Crippen LogP contribution >= 0.6 is 34.5 Å². The summed E-state index contributed by atoms with van der Waals surface area (Å²) in [5.41, 5.74) is 0. The van der Waals surface area contributed by atoms with Gasteiger partial charge in [0.25, 0.3) is 0 Å². The lowest BCUT2D eigenvalue weighted by Crippen LogP contribution is -2.34. The van der Waals surface area contributed by atoms with Crippen LogP contribution in [0.25, 0.3) is 0 Å². The van der Waals surface area contributed by atoms with Crippen molar-refractivity contribution in [2.75, 3.05) is 6.54 Å². The third-order valence-electron chi connectivity index (χ3n) is 2.17. The maximum atomic E-state index is 11.8. The second-order valence-corrected chi connectivity index (χ2v) is 7.87. The number of nitrogens with one attached hydrogen (secondary N) is 1. The molecule has 0 aromatic carbocycles. The average molecular weight is 318 g/mol. The average Bonchev–Trinajstić information content (AvgIpc) is 2.55. The molecule has 8 heteroatoms. The number of aliphatic hydroxyl groups is 1. The predicted octanol–water partition coefficient (Wildman–Crippen LogP) is 2.35. The Bertz CT molecular complexity index is 484. The van der Waals surface area contributed by atoms with Crippen molar-refractivity contribution in [2.45, 2.75) is 24.8 Å². The Labute approximate surface area is 115 Å². The first-order valence-corrected chi connectivity index (χ1v) is 7.92. The second-order valence-electron chi connectivity index (χ2n) is 3.85. The van der Waals surface area contributed by atoms with Crippen molar-refractivity contribution in [3.05, 3.63) is 14.7 Å². The Balaban J connectivity index is 2.80. The first kappa shape index (κ1) is 15.2. The molecule has 0 saturated carbocycles. The maximum absolute atomic E-state index is 11.8. The lowest BCUT2D eigenvalue weighted by molar-refractivity contribution is 0.129. The molecule has 1 aromatic rings. The molecule has 1 unspecified atom stereocenters. The van der Waals surface area contributed by atoms with E-state index < -0.39 is 16.1 Å². The van der Waals surface area contributed by atoms with E-state index in [9.17, 15) is 13.5 Å². The van der Waals surface area contributed by atoms with Crippen LogP contribution < -0.4 is 4.72 Å². The third kappa shape index (κ3) is 4.08. The van der Waals surface area contributed by atoms with E-state index in [1.165, 1.54) is 6.07 Å². The SMILES string of the molecule is CC(C)C(O)CNS(=O)(=O)c1cc(Cl)sc1Cl. The summed E-state index contributed by atoms with van der Waals surface area (Å²) in [6.45, 7) is 3.55. The second kappa shape index (κ2) is 5.86. The van der Waals surface area contributed by atoms with Gasteiger partial charge in [-0.3, -0.25) is 0 Å². The Kier molecular flexibility index (Phi) is 5.24. The first-order valence-electron chi connectivity index (χ1n) is 4.86. The molecule has 0 aliphatic heterocycles. The van der Waals surface area contributed by atoms with Crippen molar-refractivity contribution in [1.29, 1.82) is 0 Å². The van der Waals surface area contributed by atoms with Gasteiger partial charge in [-0.1, -0.05) is 37.0 Å². The van der Waals surface area contributed by atoms with Crippen LogP contribution in [0.2, 0.25) is 8.67 Å². The number of sulfonamides is 1. The molecule has 1 atom stereocenters. The lowest BCUT2D eigenvalue weighted by atomic mass is 10.1. The van der Waals surface area contributed by atoms with Crippen LogP contribution in [-0.4, -0.2) is 26.2 Å². The zero-order valence-corrected chi connectivity index (χ0v) is 12.4. The molecule has 0 aliphatic carbocycles. The van der Waals surface area contributed by atoms with Crippen molar-refractivity contribution in [1.82, 2.24) is 4.72 Å². The molecule has 1 aromatic heterocycles. The smallest absolute Gasteiger partial charge is 0.243 e. The molecule has 1 heterocycles. The predicted molar refractivity (Wildman–Crippen MR) is 70.4 cm³/mol. The van der Waals surface area contributed by atoms with Gasteiger partial charge in [-0.05, 0) is 12.0 Å². The minimum atomic E-state index is -3.71. The number of halogens is 2. The first-order chi connectivity index (χ1) is 7.74. The molecule has 2 N–H and O–H groups in total. The minimum absolute atomic E-state index is 0.0285. The van der Waals surface area contributed by atoms with Gasteiger partial charge in [0, 0.05) is 6.54 Å². The highest BCUT2D eigenvalue weighted by Crippen LogP contribution is 2.34. The summed E-state index contributed by atoms with van der Waals surface area (Å²) in [6.07, 6.45) is -0.738. The van der Waals surface area contributed by atoms with Crippen molar-refractivity contribution >= 4 is 44.6 Å². The van der Waals surface area contributed by atoms with Gasteiger partial charge < -0.3 is 5.11 Å². The molecule has 0 saturated heterocycles. The van der Waals surface area contributed by atoms with Gasteiger partial charge in [0.05, 0.1) is 10.4 Å². The fourth-order valence-electron chi connectivity index (χ4n) is 1.02. The molecule has 0 aliphatic rings. The molecule has 0 amide bonds. The highest BCUT2D eigenvalue weighted by molar-refractivity contribution is 7.89. The maximum Gasteiger partial charge on any atom is 0.243 e. The van der Waals surface area contributed by atoms with Crippen LogP contribution in [0, 0.1) is 5.92 Å². The minimum Gasteiger partial charge on any atom is -0.391 e. The quantitative estimate of drug-likeness (QED) is 0.876. The molecule has 0 spiro atoms. The summed E-state index contributed by atoms with van der Waals surface area (Å²) in [5.74, 6) is -0.0285. The summed E-state index contributed by atoms with van der Waals surface area (Å²) in [6, 6.07) is 1.29. The lowest BCUT2D eigenvalue weighted by Gasteiger charge is -2.14. The molecule has 0 radical (unpaired) electrons. The fourth-order valence-corrected chi connectivity index (χ4v) is 4.22. The summed E-state index contributed by atoms with van der Waals surface area (Å²) >= 11 is 12.4. The van der Waals surface area contributed by atoms with Crippen LogP contribution in [0.15, 0.2) is 11.0 Å². The molecule has 1 rings (SSSR count). The fraction of sp³-hybridized carbons (Fsp3) is 0.556. The molecule has 4 nitrogen and oxygen atoms in total. The van der Waals surface area contributed by atoms with Gasteiger partial charge in [-0.15, -0.1) is 11.3 Å². The van der Waals surface area contributed by atoms with Gasteiger partial charge in [0.2, 0.25) is 10.0 Å². The number of hydrogen-bond acceptors (Lipinski definition) is 4. The highest BCUT2D eigenvalue weighted by atomic mass is 35.5. The van der Waals surface area contributed by atoms with E-state index in [4.69, 9.17) is 23.2 Å². The molecular weight excluding hydrogens is 305 g/mol. The third-order valence-corrected chi connectivity index (χ3v) is 5.34. The highest BCUT2D eigenvalue weighted by Gasteiger charge is 2.22. The van der Waals surface area contributed by atoms with Crippen molar-refractivity contribution in [2.24, 2.45) is 5.92 Å². The Morgan fingerprint density at radius 1 is 1.47 bits per heavy atom.